The van der Waals surface area contributed by atoms with E-state index in [-0.39, 0.29) is 5.60 Å². The first-order chi connectivity index (χ1) is 4.12. The fraction of sp³-hybridized carbons (Fsp3) is 1.00. The monoisotopic (exact) mass is 146 g/mol. The molecule has 0 aliphatic heterocycles. The minimum absolute atomic E-state index is 0.115. The van der Waals surface area contributed by atoms with Crippen LogP contribution in [0.3, 0.4) is 0 Å². The first-order valence-corrected chi connectivity index (χ1v) is 5.17. The maximum Gasteiger partial charge on any atom is 0.0623 e. The molecule has 0 aromatic rings. The molecule has 1 nitrogen and oxygen atoms in total. The van der Waals surface area contributed by atoms with E-state index in [9.17, 15) is 0 Å². The van der Waals surface area contributed by atoms with E-state index >= 15 is 0 Å². The minimum Gasteiger partial charge on any atom is -0.376 e. The highest BCUT2D eigenvalue weighted by Crippen LogP contribution is 2.12. The lowest BCUT2D eigenvalue weighted by atomic mass is 10.1. The van der Waals surface area contributed by atoms with Gasteiger partial charge in [0.05, 0.1) is 5.60 Å². The molecular formula is C7H18OSi. The van der Waals surface area contributed by atoms with Crippen molar-refractivity contribution in [3.63, 3.8) is 0 Å². The second-order valence-corrected chi connectivity index (χ2v) is 3.96. The van der Waals surface area contributed by atoms with E-state index in [0.717, 1.165) is 13.0 Å². The van der Waals surface area contributed by atoms with Gasteiger partial charge in [-0.1, -0.05) is 6.92 Å². The summed E-state index contributed by atoms with van der Waals surface area (Å²) in [6.45, 7) is 7.40. The SMILES string of the molecule is CCC(C)(C)OCC[SiH3]. The van der Waals surface area contributed by atoms with Gasteiger partial charge in [-0.05, 0) is 26.3 Å². The summed E-state index contributed by atoms with van der Waals surface area (Å²) in [5, 5.41) is 0. The molecule has 0 heterocycles. The van der Waals surface area contributed by atoms with Gasteiger partial charge < -0.3 is 4.74 Å². The molecule has 0 atom stereocenters. The first kappa shape index (κ1) is 9.18. The van der Waals surface area contributed by atoms with E-state index in [1.165, 1.54) is 16.3 Å². The molecule has 0 N–H and O–H groups in total. The van der Waals surface area contributed by atoms with E-state index < -0.39 is 0 Å². The molecule has 56 valence electrons. The minimum atomic E-state index is 0.115. The Balaban J connectivity index is 3.33. The van der Waals surface area contributed by atoms with Gasteiger partial charge >= 0.3 is 0 Å². The molecule has 0 aliphatic rings. The number of rotatable bonds is 4. The van der Waals surface area contributed by atoms with Crippen LogP contribution >= 0.6 is 0 Å². The summed E-state index contributed by atoms with van der Waals surface area (Å²) in [6.07, 6.45) is 1.11. The molecule has 0 bridgehead atoms. The largest absolute Gasteiger partial charge is 0.376 e. The van der Waals surface area contributed by atoms with Crippen molar-refractivity contribution in [1.82, 2.24) is 0 Å². The highest BCUT2D eigenvalue weighted by Gasteiger charge is 2.13. The van der Waals surface area contributed by atoms with Gasteiger partial charge in [0, 0.05) is 16.8 Å². The summed E-state index contributed by atoms with van der Waals surface area (Å²) in [6, 6.07) is 1.25. The van der Waals surface area contributed by atoms with E-state index in [1.807, 2.05) is 0 Å². The first-order valence-electron chi connectivity index (χ1n) is 3.76. The lowest BCUT2D eigenvalue weighted by Gasteiger charge is -2.22. The van der Waals surface area contributed by atoms with Crippen molar-refractivity contribution in [2.24, 2.45) is 0 Å². The molecule has 0 fully saturated rings. The predicted octanol–water partition coefficient (Wildman–Crippen LogP) is 0.975. The molecule has 0 aromatic carbocycles. The second-order valence-electron chi connectivity index (χ2n) is 2.96. The maximum atomic E-state index is 5.56. The van der Waals surface area contributed by atoms with Crippen LogP contribution in [0.4, 0.5) is 0 Å². The van der Waals surface area contributed by atoms with Gasteiger partial charge in [0.25, 0.3) is 0 Å². The molecule has 0 aliphatic carbocycles. The van der Waals surface area contributed by atoms with E-state index in [1.54, 1.807) is 0 Å². The van der Waals surface area contributed by atoms with Crippen LogP contribution < -0.4 is 0 Å². The zero-order chi connectivity index (χ0) is 7.33. The predicted molar refractivity (Wildman–Crippen MR) is 45.1 cm³/mol. The molecule has 0 rings (SSSR count). The van der Waals surface area contributed by atoms with E-state index in [4.69, 9.17) is 4.74 Å². The lowest BCUT2D eigenvalue weighted by Crippen LogP contribution is -2.23. The van der Waals surface area contributed by atoms with Crippen LogP contribution in [0.2, 0.25) is 6.04 Å². The number of hydrogen-bond donors (Lipinski definition) is 0. The van der Waals surface area contributed by atoms with Crippen LogP contribution in [-0.4, -0.2) is 22.5 Å². The van der Waals surface area contributed by atoms with Gasteiger partial charge in [-0.15, -0.1) is 0 Å². The second kappa shape index (κ2) is 4.07. The number of ether oxygens (including phenoxy) is 1. The van der Waals surface area contributed by atoms with Gasteiger partial charge in [0.2, 0.25) is 0 Å². The van der Waals surface area contributed by atoms with Crippen LogP contribution in [0.5, 0.6) is 0 Å². The molecular weight excluding hydrogens is 128 g/mol. The van der Waals surface area contributed by atoms with Crippen LogP contribution in [0.15, 0.2) is 0 Å². The van der Waals surface area contributed by atoms with Crippen molar-refractivity contribution in [3.8, 4) is 0 Å². The van der Waals surface area contributed by atoms with Crippen LogP contribution in [0.25, 0.3) is 0 Å². The highest BCUT2D eigenvalue weighted by atomic mass is 28.1. The van der Waals surface area contributed by atoms with Gasteiger partial charge in [-0.2, -0.15) is 0 Å². The summed E-state index contributed by atoms with van der Waals surface area (Å²) in [5.41, 5.74) is 0.115. The summed E-state index contributed by atoms with van der Waals surface area (Å²) in [5.74, 6) is 0. The third-order valence-electron chi connectivity index (χ3n) is 1.55. The Kier molecular flexibility index (Phi) is 4.15. The van der Waals surface area contributed by atoms with Crippen LogP contribution in [0.1, 0.15) is 27.2 Å². The van der Waals surface area contributed by atoms with Crippen molar-refractivity contribution in [1.29, 1.82) is 0 Å². The Morgan fingerprint density at radius 1 is 1.44 bits per heavy atom. The lowest BCUT2D eigenvalue weighted by molar-refractivity contribution is -0.0122. The summed E-state index contributed by atoms with van der Waals surface area (Å²) in [4.78, 5) is 0. The topological polar surface area (TPSA) is 9.23 Å². The fourth-order valence-corrected chi connectivity index (χ4v) is 0.685. The molecule has 0 saturated heterocycles. The molecule has 2 heteroatoms. The van der Waals surface area contributed by atoms with Crippen LogP contribution in [0, 0.1) is 0 Å². The standard InChI is InChI=1S/C7H18OSi/c1-4-7(2,3)8-5-6-9/h4-6H2,1-3,9H3. The Morgan fingerprint density at radius 3 is 2.33 bits per heavy atom. The fourth-order valence-electron chi connectivity index (χ4n) is 0.480. The zero-order valence-corrected chi connectivity index (χ0v) is 9.03. The Morgan fingerprint density at radius 2 is 2.00 bits per heavy atom. The van der Waals surface area contributed by atoms with Gasteiger partial charge in [0.1, 0.15) is 0 Å². The zero-order valence-electron chi connectivity index (χ0n) is 7.03. The van der Waals surface area contributed by atoms with Crippen LogP contribution in [-0.2, 0) is 4.74 Å². The molecule has 9 heavy (non-hydrogen) atoms. The smallest absolute Gasteiger partial charge is 0.0623 e. The maximum absolute atomic E-state index is 5.56. The molecule has 0 unspecified atom stereocenters. The van der Waals surface area contributed by atoms with Gasteiger partial charge in [-0.25, -0.2) is 0 Å². The normalized spacial score (nSPS) is 12.3. The molecule has 0 radical (unpaired) electrons. The van der Waals surface area contributed by atoms with Crippen molar-refractivity contribution >= 4 is 10.2 Å². The summed E-state index contributed by atoms with van der Waals surface area (Å²) >= 11 is 0. The number of hydrogen-bond acceptors (Lipinski definition) is 1. The third-order valence-corrected chi connectivity index (χ3v) is 1.96. The average molecular weight is 146 g/mol. The van der Waals surface area contributed by atoms with Gasteiger partial charge in [-0.3, -0.25) is 0 Å². The molecule has 0 aromatic heterocycles. The van der Waals surface area contributed by atoms with Crippen molar-refractivity contribution in [2.75, 3.05) is 6.61 Å². The molecule has 0 amide bonds. The molecule has 0 saturated carbocycles. The van der Waals surface area contributed by atoms with Crippen molar-refractivity contribution < 1.29 is 4.74 Å². The Bertz CT molecular complexity index is 71.3. The summed E-state index contributed by atoms with van der Waals surface area (Å²) in [7, 11) is 1.26. The highest BCUT2D eigenvalue weighted by molar-refractivity contribution is 6.08. The molecule has 0 spiro atoms. The van der Waals surface area contributed by atoms with Gasteiger partial charge in [0.15, 0.2) is 0 Å². The van der Waals surface area contributed by atoms with E-state index in [2.05, 4.69) is 20.8 Å². The Hall–Kier alpha value is 0.177. The Labute approximate surface area is 61.2 Å². The summed E-state index contributed by atoms with van der Waals surface area (Å²) < 4.78 is 5.56. The van der Waals surface area contributed by atoms with Crippen molar-refractivity contribution in [2.45, 2.75) is 38.8 Å². The van der Waals surface area contributed by atoms with E-state index in [0.29, 0.717) is 0 Å². The quantitative estimate of drug-likeness (QED) is 0.537. The van der Waals surface area contributed by atoms with Crippen molar-refractivity contribution in [3.05, 3.63) is 0 Å². The average Bonchev–Trinajstić information content (AvgIpc) is 1.84. The third kappa shape index (κ3) is 4.67.